The average Bonchev–Trinajstić information content (AvgIpc) is 2.43. The fourth-order valence-electron chi connectivity index (χ4n) is 2.41. The predicted octanol–water partition coefficient (Wildman–Crippen LogP) is 4.49. The van der Waals surface area contributed by atoms with E-state index < -0.39 is 0 Å². The fourth-order valence-corrected chi connectivity index (χ4v) is 2.41. The number of aryl methyl sites for hydroxylation is 3. The summed E-state index contributed by atoms with van der Waals surface area (Å²) in [7, 11) is 0. The van der Waals surface area contributed by atoms with Gasteiger partial charge in [-0.05, 0) is 62.1 Å². The van der Waals surface area contributed by atoms with E-state index in [9.17, 15) is 4.79 Å². The molecule has 2 rings (SSSR count). The van der Waals surface area contributed by atoms with Crippen molar-refractivity contribution >= 4 is 11.7 Å². The second-order valence-electron chi connectivity index (χ2n) is 5.48. The van der Waals surface area contributed by atoms with Gasteiger partial charge in [0.25, 0.3) is 0 Å². The van der Waals surface area contributed by atoms with Gasteiger partial charge in [0.1, 0.15) is 0 Å². The quantitative estimate of drug-likeness (QED) is 0.855. The van der Waals surface area contributed by atoms with Crippen molar-refractivity contribution in [2.24, 2.45) is 0 Å². The number of hydrogen-bond acceptors (Lipinski definition) is 1. The Labute approximate surface area is 126 Å². The van der Waals surface area contributed by atoms with E-state index in [4.69, 9.17) is 0 Å². The van der Waals surface area contributed by atoms with Gasteiger partial charge in [-0.2, -0.15) is 0 Å². The van der Waals surface area contributed by atoms with Gasteiger partial charge >= 0.3 is 6.03 Å². The zero-order valence-corrected chi connectivity index (χ0v) is 13.0. The molecule has 0 unspecified atom stereocenters. The summed E-state index contributed by atoms with van der Waals surface area (Å²) >= 11 is 0. The van der Waals surface area contributed by atoms with E-state index in [1.54, 1.807) is 0 Å². The minimum absolute atomic E-state index is 0.0342. The maximum Gasteiger partial charge on any atom is 0.319 e. The average molecular weight is 282 g/mol. The van der Waals surface area contributed by atoms with Gasteiger partial charge in [-0.25, -0.2) is 4.79 Å². The van der Waals surface area contributed by atoms with Crippen molar-refractivity contribution < 1.29 is 4.79 Å². The molecule has 0 bridgehead atoms. The molecule has 3 heteroatoms. The van der Waals surface area contributed by atoms with Crippen LogP contribution in [-0.4, -0.2) is 6.03 Å². The zero-order valence-electron chi connectivity index (χ0n) is 13.0. The Morgan fingerprint density at radius 2 is 1.57 bits per heavy atom. The summed E-state index contributed by atoms with van der Waals surface area (Å²) in [5.41, 5.74) is 5.66. The number of rotatable bonds is 3. The molecule has 0 aromatic heterocycles. The summed E-state index contributed by atoms with van der Waals surface area (Å²) in [5, 5.41) is 5.82. The van der Waals surface area contributed by atoms with Crippen molar-refractivity contribution in [3.05, 3.63) is 64.7 Å². The maximum absolute atomic E-state index is 12.0. The summed E-state index contributed by atoms with van der Waals surface area (Å²) in [4.78, 5) is 12.0. The number of anilines is 1. The summed E-state index contributed by atoms with van der Waals surface area (Å²) in [5.74, 6) is 0. The lowest BCUT2D eigenvalue weighted by Crippen LogP contribution is -2.31. The summed E-state index contributed by atoms with van der Waals surface area (Å²) in [6.45, 7) is 8.28. The van der Waals surface area contributed by atoms with Gasteiger partial charge in [0.2, 0.25) is 0 Å². The minimum atomic E-state index is -0.189. The highest BCUT2D eigenvalue weighted by Gasteiger charge is 2.12. The third-order valence-corrected chi connectivity index (χ3v) is 3.73. The van der Waals surface area contributed by atoms with Gasteiger partial charge in [0, 0.05) is 5.69 Å². The van der Waals surface area contributed by atoms with Crippen LogP contribution in [0.25, 0.3) is 0 Å². The molecule has 2 N–H and O–H groups in total. The molecular weight excluding hydrogens is 260 g/mol. The lowest BCUT2D eigenvalue weighted by Gasteiger charge is -2.18. The SMILES string of the molecule is Cc1cc(C)c([C@H](C)NC(=O)Nc2ccccc2)cc1C. The largest absolute Gasteiger partial charge is 0.331 e. The van der Waals surface area contributed by atoms with Crippen LogP contribution in [0, 0.1) is 20.8 Å². The Morgan fingerprint density at radius 3 is 2.24 bits per heavy atom. The third kappa shape index (κ3) is 3.85. The highest BCUT2D eigenvalue weighted by molar-refractivity contribution is 5.89. The lowest BCUT2D eigenvalue weighted by atomic mass is 9.97. The van der Waals surface area contributed by atoms with Gasteiger partial charge < -0.3 is 10.6 Å². The molecule has 0 saturated carbocycles. The van der Waals surface area contributed by atoms with Crippen molar-refractivity contribution in [2.45, 2.75) is 33.7 Å². The van der Waals surface area contributed by atoms with Crippen LogP contribution >= 0.6 is 0 Å². The monoisotopic (exact) mass is 282 g/mol. The molecule has 0 fully saturated rings. The van der Waals surface area contributed by atoms with Crippen molar-refractivity contribution in [3.63, 3.8) is 0 Å². The molecule has 0 aliphatic rings. The summed E-state index contributed by atoms with van der Waals surface area (Å²) in [6.07, 6.45) is 0. The second-order valence-corrected chi connectivity index (χ2v) is 5.48. The first-order valence-corrected chi connectivity index (χ1v) is 7.17. The summed E-state index contributed by atoms with van der Waals surface area (Å²) in [6, 6.07) is 13.5. The molecule has 3 nitrogen and oxygen atoms in total. The second kappa shape index (κ2) is 6.44. The van der Waals surface area contributed by atoms with Gasteiger partial charge in [-0.3, -0.25) is 0 Å². The number of amides is 2. The van der Waals surface area contributed by atoms with Crippen LogP contribution in [0.5, 0.6) is 0 Å². The van der Waals surface area contributed by atoms with Gasteiger partial charge in [-0.15, -0.1) is 0 Å². The van der Waals surface area contributed by atoms with Crippen molar-refractivity contribution in [2.75, 3.05) is 5.32 Å². The first kappa shape index (κ1) is 15.1. The van der Waals surface area contributed by atoms with E-state index in [1.807, 2.05) is 37.3 Å². The minimum Gasteiger partial charge on any atom is -0.331 e. The number of benzene rings is 2. The molecule has 110 valence electrons. The molecule has 0 spiro atoms. The van der Waals surface area contributed by atoms with Crippen LogP contribution in [0.15, 0.2) is 42.5 Å². The predicted molar refractivity (Wildman–Crippen MR) is 87.7 cm³/mol. The molecule has 0 radical (unpaired) electrons. The Morgan fingerprint density at radius 1 is 0.952 bits per heavy atom. The third-order valence-electron chi connectivity index (χ3n) is 3.73. The van der Waals surface area contributed by atoms with Crippen LogP contribution < -0.4 is 10.6 Å². The van der Waals surface area contributed by atoms with Gasteiger partial charge in [0.05, 0.1) is 6.04 Å². The van der Waals surface area contributed by atoms with E-state index >= 15 is 0 Å². The van der Waals surface area contributed by atoms with Crippen molar-refractivity contribution in [1.29, 1.82) is 0 Å². The number of urea groups is 1. The molecule has 21 heavy (non-hydrogen) atoms. The van der Waals surface area contributed by atoms with E-state index in [-0.39, 0.29) is 12.1 Å². The highest BCUT2D eigenvalue weighted by atomic mass is 16.2. The highest BCUT2D eigenvalue weighted by Crippen LogP contribution is 2.21. The Hall–Kier alpha value is -2.29. The van der Waals surface area contributed by atoms with Gasteiger partial charge in [-0.1, -0.05) is 30.3 Å². The number of para-hydroxylation sites is 1. The standard InChI is InChI=1S/C18H22N2O/c1-12-10-14(3)17(11-13(12)2)15(4)19-18(21)20-16-8-6-5-7-9-16/h5-11,15H,1-4H3,(H2,19,20,21)/t15-/m0/s1. The summed E-state index contributed by atoms with van der Waals surface area (Å²) < 4.78 is 0. The normalized spacial score (nSPS) is 11.8. The molecule has 0 aliphatic carbocycles. The van der Waals surface area contributed by atoms with E-state index in [1.165, 1.54) is 16.7 Å². The smallest absolute Gasteiger partial charge is 0.319 e. The van der Waals surface area contributed by atoms with Crippen molar-refractivity contribution in [1.82, 2.24) is 5.32 Å². The molecular formula is C18H22N2O. The maximum atomic E-state index is 12.0. The number of carbonyl (C=O) groups is 1. The van der Waals surface area contributed by atoms with Crippen LogP contribution in [0.3, 0.4) is 0 Å². The van der Waals surface area contributed by atoms with Gasteiger partial charge in [0.15, 0.2) is 0 Å². The zero-order chi connectivity index (χ0) is 15.4. The molecule has 1 atom stereocenters. The van der Waals surface area contributed by atoms with Crippen LogP contribution in [-0.2, 0) is 0 Å². The molecule has 2 amide bonds. The van der Waals surface area contributed by atoms with Crippen LogP contribution in [0.4, 0.5) is 10.5 Å². The van der Waals surface area contributed by atoms with Crippen LogP contribution in [0.2, 0.25) is 0 Å². The molecule has 2 aromatic rings. The van der Waals surface area contributed by atoms with E-state index in [0.717, 1.165) is 11.3 Å². The molecule has 0 saturated heterocycles. The molecule has 2 aromatic carbocycles. The van der Waals surface area contributed by atoms with E-state index in [0.29, 0.717) is 0 Å². The Kier molecular flexibility index (Phi) is 4.63. The Bertz CT molecular complexity index is 635. The molecule has 0 heterocycles. The topological polar surface area (TPSA) is 41.1 Å². The van der Waals surface area contributed by atoms with E-state index in [2.05, 4.69) is 43.5 Å². The number of nitrogens with one attached hydrogen (secondary N) is 2. The van der Waals surface area contributed by atoms with Crippen LogP contribution in [0.1, 0.15) is 35.2 Å². The number of carbonyl (C=O) groups excluding carboxylic acids is 1. The van der Waals surface area contributed by atoms with Crippen molar-refractivity contribution in [3.8, 4) is 0 Å². The fraction of sp³-hybridized carbons (Fsp3) is 0.278. The number of hydrogen-bond donors (Lipinski definition) is 2. The first-order chi connectivity index (χ1) is 9.97. The molecule has 0 aliphatic heterocycles. The Balaban J connectivity index is 2.06. The lowest BCUT2D eigenvalue weighted by molar-refractivity contribution is 0.249. The first-order valence-electron chi connectivity index (χ1n) is 7.17.